The van der Waals surface area contributed by atoms with Crippen molar-refractivity contribution in [1.29, 1.82) is 0 Å². The number of nitrogens with one attached hydrogen (secondary N) is 1. The standard InChI is InChI=1S/C21H22N2O5/c1-14(21(26)27)15-5-2-6-16(11-15)22-19(24)13-28-18-8-3-7-17(12-18)23-10-4-9-20(23)25/h2-3,5-8,11-12,14H,4,9-10,13H2,1H3,(H,22,24)(H,26,27). The van der Waals surface area contributed by atoms with E-state index in [1.54, 1.807) is 54.3 Å². The van der Waals surface area contributed by atoms with Gasteiger partial charge in [0.25, 0.3) is 5.91 Å². The maximum absolute atomic E-state index is 12.2. The Kier molecular flexibility index (Phi) is 5.93. The summed E-state index contributed by atoms with van der Waals surface area (Å²) in [4.78, 5) is 36.8. The molecule has 0 spiro atoms. The molecule has 2 aromatic rings. The fourth-order valence-corrected chi connectivity index (χ4v) is 3.04. The summed E-state index contributed by atoms with van der Waals surface area (Å²) in [6.45, 7) is 2.08. The van der Waals surface area contributed by atoms with Crippen LogP contribution in [-0.4, -0.2) is 36.0 Å². The first-order valence-electron chi connectivity index (χ1n) is 9.10. The summed E-state index contributed by atoms with van der Waals surface area (Å²) in [5, 5.41) is 11.8. The molecule has 7 heteroatoms. The number of carboxylic acid groups (broad SMARTS) is 1. The van der Waals surface area contributed by atoms with Crippen LogP contribution < -0.4 is 15.0 Å². The third-order valence-corrected chi connectivity index (χ3v) is 4.61. The molecule has 28 heavy (non-hydrogen) atoms. The Labute approximate surface area is 162 Å². The average Bonchev–Trinajstić information content (AvgIpc) is 3.12. The predicted octanol–water partition coefficient (Wildman–Crippen LogP) is 3.02. The Morgan fingerprint density at radius 1 is 1.21 bits per heavy atom. The second-order valence-electron chi connectivity index (χ2n) is 6.67. The molecular weight excluding hydrogens is 360 g/mol. The smallest absolute Gasteiger partial charge is 0.310 e. The number of hydrogen-bond acceptors (Lipinski definition) is 4. The monoisotopic (exact) mass is 382 g/mol. The Morgan fingerprint density at radius 2 is 2.00 bits per heavy atom. The minimum Gasteiger partial charge on any atom is -0.484 e. The number of ether oxygens (including phenoxy) is 1. The predicted molar refractivity (Wildman–Crippen MR) is 105 cm³/mol. The molecule has 1 atom stereocenters. The lowest BCUT2D eigenvalue weighted by Gasteiger charge is -2.16. The summed E-state index contributed by atoms with van der Waals surface area (Å²) < 4.78 is 5.55. The molecule has 1 aliphatic rings. The van der Waals surface area contributed by atoms with E-state index in [4.69, 9.17) is 9.84 Å². The van der Waals surface area contributed by atoms with Gasteiger partial charge < -0.3 is 20.1 Å². The molecule has 0 aliphatic carbocycles. The molecule has 1 aliphatic heterocycles. The van der Waals surface area contributed by atoms with Crippen molar-refractivity contribution in [3.8, 4) is 5.75 Å². The third-order valence-electron chi connectivity index (χ3n) is 4.61. The number of carboxylic acids is 1. The van der Waals surface area contributed by atoms with Gasteiger partial charge in [0, 0.05) is 30.4 Å². The largest absolute Gasteiger partial charge is 0.484 e. The number of carbonyl (C=O) groups excluding carboxylic acids is 2. The van der Waals surface area contributed by atoms with E-state index in [-0.39, 0.29) is 18.4 Å². The Hall–Kier alpha value is -3.35. The fourth-order valence-electron chi connectivity index (χ4n) is 3.04. The molecule has 1 heterocycles. The van der Waals surface area contributed by atoms with Crippen LogP contribution in [-0.2, 0) is 14.4 Å². The first kappa shape index (κ1) is 19.4. The highest BCUT2D eigenvalue weighted by atomic mass is 16.5. The van der Waals surface area contributed by atoms with Crippen LogP contribution in [0.2, 0.25) is 0 Å². The lowest BCUT2D eigenvalue weighted by Crippen LogP contribution is -2.24. The first-order valence-corrected chi connectivity index (χ1v) is 9.10. The lowest BCUT2D eigenvalue weighted by molar-refractivity contribution is -0.138. The number of anilines is 2. The summed E-state index contributed by atoms with van der Waals surface area (Å²) in [7, 11) is 0. The molecule has 2 aromatic carbocycles. The van der Waals surface area contributed by atoms with Gasteiger partial charge in [0.2, 0.25) is 5.91 Å². The molecule has 0 aromatic heterocycles. The number of carbonyl (C=O) groups is 3. The third kappa shape index (κ3) is 4.68. The zero-order valence-corrected chi connectivity index (χ0v) is 15.6. The summed E-state index contributed by atoms with van der Waals surface area (Å²) in [6, 6.07) is 13.8. The van der Waals surface area contributed by atoms with E-state index in [0.717, 1.165) is 12.1 Å². The molecule has 0 bridgehead atoms. The maximum atomic E-state index is 12.2. The van der Waals surface area contributed by atoms with Gasteiger partial charge in [0.15, 0.2) is 6.61 Å². The van der Waals surface area contributed by atoms with Crippen molar-refractivity contribution in [2.45, 2.75) is 25.7 Å². The zero-order valence-electron chi connectivity index (χ0n) is 15.6. The molecule has 1 fully saturated rings. The van der Waals surface area contributed by atoms with Crippen molar-refractivity contribution < 1.29 is 24.2 Å². The van der Waals surface area contributed by atoms with E-state index in [2.05, 4.69) is 5.32 Å². The second kappa shape index (κ2) is 8.56. The molecule has 146 valence electrons. The number of hydrogen-bond donors (Lipinski definition) is 2. The number of amides is 2. The van der Waals surface area contributed by atoms with Gasteiger partial charge in [-0.05, 0) is 43.2 Å². The summed E-state index contributed by atoms with van der Waals surface area (Å²) in [6.07, 6.45) is 1.39. The van der Waals surface area contributed by atoms with Gasteiger partial charge in [-0.3, -0.25) is 14.4 Å². The van der Waals surface area contributed by atoms with Gasteiger partial charge in [-0.1, -0.05) is 18.2 Å². The topological polar surface area (TPSA) is 95.9 Å². The van der Waals surface area contributed by atoms with Crippen LogP contribution in [0.5, 0.6) is 5.75 Å². The molecular formula is C21H22N2O5. The second-order valence-corrected chi connectivity index (χ2v) is 6.67. The van der Waals surface area contributed by atoms with E-state index in [1.807, 2.05) is 6.07 Å². The van der Waals surface area contributed by atoms with Crippen LogP contribution >= 0.6 is 0 Å². The number of nitrogens with zero attached hydrogens (tertiary/aromatic N) is 1. The van der Waals surface area contributed by atoms with Gasteiger partial charge in [-0.2, -0.15) is 0 Å². The van der Waals surface area contributed by atoms with E-state index in [9.17, 15) is 14.4 Å². The Morgan fingerprint density at radius 3 is 2.71 bits per heavy atom. The Bertz CT molecular complexity index is 896. The number of benzene rings is 2. The SMILES string of the molecule is CC(C(=O)O)c1cccc(NC(=O)COc2cccc(N3CCCC3=O)c2)c1. The molecule has 0 saturated carbocycles. The van der Waals surface area contributed by atoms with E-state index >= 15 is 0 Å². The van der Waals surface area contributed by atoms with E-state index < -0.39 is 11.9 Å². The minimum atomic E-state index is -0.928. The van der Waals surface area contributed by atoms with Crippen LogP contribution in [0.1, 0.15) is 31.2 Å². The quantitative estimate of drug-likeness (QED) is 0.767. The highest BCUT2D eigenvalue weighted by Gasteiger charge is 2.22. The summed E-state index contributed by atoms with van der Waals surface area (Å²) in [5.41, 5.74) is 1.88. The summed E-state index contributed by atoms with van der Waals surface area (Å²) in [5.74, 6) is -1.36. The van der Waals surface area contributed by atoms with Crippen LogP contribution in [0.25, 0.3) is 0 Å². The van der Waals surface area contributed by atoms with Crippen LogP contribution in [0.15, 0.2) is 48.5 Å². The first-order chi connectivity index (χ1) is 13.4. The zero-order chi connectivity index (χ0) is 20.1. The van der Waals surface area contributed by atoms with Crippen LogP contribution in [0.3, 0.4) is 0 Å². The van der Waals surface area contributed by atoms with Gasteiger partial charge in [0.1, 0.15) is 5.75 Å². The van der Waals surface area contributed by atoms with E-state index in [0.29, 0.717) is 30.0 Å². The van der Waals surface area contributed by atoms with Gasteiger partial charge in [0.05, 0.1) is 5.92 Å². The summed E-state index contributed by atoms with van der Waals surface area (Å²) >= 11 is 0. The van der Waals surface area contributed by atoms with Gasteiger partial charge in [-0.15, -0.1) is 0 Å². The minimum absolute atomic E-state index is 0.0883. The average molecular weight is 382 g/mol. The molecule has 0 radical (unpaired) electrons. The highest BCUT2D eigenvalue weighted by Crippen LogP contribution is 2.25. The van der Waals surface area contributed by atoms with Crippen molar-refractivity contribution in [3.05, 3.63) is 54.1 Å². The lowest BCUT2D eigenvalue weighted by atomic mass is 10.0. The van der Waals surface area contributed by atoms with Crippen LogP contribution in [0.4, 0.5) is 11.4 Å². The molecule has 1 unspecified atom stereocenters. The highest BCUT2D eigenvalue weighted by molar-refractivity contribution is 5.95. The van der Waals surface area contributed by atoms with E-state index in [1.165, 1.54) is 0 Å². The van der Waals surface area contributed by atoms with Gasteiger partial charge in [-0.25, -0.2) is 0 Å². The van der Waals surface area contributed by atoms with Crippen molar-refractivity contribution in [1.82, 2.24) is 0 Å². The van der Waals surface area contributed by atoms with Crippen molar-refractivity contribution in [3.63, 3.8) is 0 Å². The normalized spacial score (nSPS) is 14.6. The van der Waals surface area contributed by atoms with Crippen LogP contribution in [0, 0.1) is 0 Å². The molecule has 3 rings (SSSR count). The van der Waals surface area contributed by atoms with Crippen molar-refractivity contribution in [2.24, 2.45) is 0 Å². The maximum Gasteiger partial charge on any atom is 0.310 e. The van der Waals surface area contributed by atoms with Crippen molar-refractivity contribution in [2.75, 3.05) is 23.4 Å². The molecule has 2 amide bonds. The number of aliphatic carboxylic acids is 1. The molecule has 7 nitrogen and oxygen atoms in total. The number of rotatable bonds is 7. The Balaban J connectivity index is 1.58. The molecule has 1 saturated heterocycles. The molecule has 2 N–H and O–H groups in total. The van der Waals surface area contributed by atoms with Gasteiger partial charge >= 0.3 is 5.97 Å². The fraction of sp³-hybridized carbons (Fsp3) is 0.286. The van der Waals surface area contributed by atoms with Crippen molar-refractivity contribution >= 4 is 29.2 Å².